The topological polar surface area (TPSA) is 98.4 Å². The number of nitrogens with two attached hydrogens (primary N) is 1. The van der Waals surface area contributed by atoms with Crippen molar-refractivity contribution in [1.82, 2.24) is 15.0 Å². The first-order valence-electron chi connectivity index (χ1n) is 7.51. The molecular weight excluding hydrogens is 272 g/mol. The number of anilines is 3. The Kier molecular flexibility index (Phi) is 4.66. The molecule has 0 aromatic carbocycles. The van der Waals surface area contributed by atoms with Crippen LogP contribution in [0.1, 0.15) is 19.3 Å². The molecule has 3 N–H and O–H groups in total. The van der Waals surface area contributed by atoms with E-state index in [1.54, 1.807) is 0 Å². The SMILES string of the molecule is Nc1nc(NCCC2CCCO2)nc(N2CCOCC2)n1. The maximum atomic E-state index is 5.78. The fourth-order valence-corrected chi connectivity index (χ4v) is 2.58. The van der Waals surface area contributed by atoms with Gasteiger partial charge in [-0.3, -0.25) is 0 Å². The smallest absolute Gasteiger partial charge is 0.232 e. The number of ether oxygens (including phenoxy) is 2. The van der Waals surface area contributed by atoms with E-state index >= 15 is 0 Å². The van der Waals surface area contributed by atoms with Crippen molar-refractivity contribution >= 4 is 17.8 Å². The molecule has 3 rings (SSSR count). The molecule has 1 atom stereocenters. The molecule has 0 bridgehead atoms. The molecule has 116 valence electrons. The molecule has 1 unspecified atom stereocenters. The fraction of sp³-hybridized carbons (Fsp3) is 0.769. The van der Waals surface area contributed by atoms with Gasteiger partial charge in [-0.1, -0.05) is 0 Å². The third-order valence-electron chi connectivity index (χ3n) is 3.71. The van der Waals surface area contributed by atoms with Crippen molar-refractivity contribution in [3.05, 3.63) is 0 Å². The molecule has 2 saturated heterocycles. The molecule has 2 fully saturated rings. The van der Waals surface area contributed by atoms with Crippen LogP contribution in [0.5, 0.6) is 0 Å². The first-order chi connectivity index (χ1) is 10.3. The van der Waals surface area contributed by atoms with Gasteiger partial charge >= 0.3 is 0 Å². The Morgan fingerprint density at radius 3 is 2.81 bits per heavy atom. The van der Waals surface area contributed by atoms with Crippen LogP contribution in [0.25, 0.3) is 0 Å². The van der Waals surface area contributed by atoms with Gasteiger partial charge in [-0.05, 0) is 19.3 Å². The standard InChI is InChI=1S/C13H22N6O2/c14-11-16-12(15-4-3-10-2-1-7-21-10)18-13(17-11)19-5-8-20-9-6-19/h10H,1-9H2,(H3,14,15,16,17,18). The Balaban J connectivity index is 1.57. The van der Waals surface area contributed by atoms with E-state index in [2.05, 4.69) is 25.2 Å². The zero-order chi connectivity index (χ0) is 14.5. The molecule has 21 heavy (non-hydrogen) atoms. The molecule has 0 saturated carbocycles. The Hall–Kier alpha value is -1.67. The van der Waals surface area contributed by atoms with Gasteiger partial charge in [0.05, 0.1) is 19.3 Å². The summed E-state index contributed by atoms with van der Waals surface area (Å²) in [5, 5.41) is 3.21. The molecule has 1 aromatic heterocycles. The normalized spacial score (nSPS) is 22.5. The second kappa shape index (κ2) is 6.86. The molecule has 1 aromatic rings. The second-order valence-electron chi connectivity index (χ2n) is 5.27. The van der Waals surface area contributed by atoms with Crippen molar-refractivity contribution in [2.75, 3.05) is 55.4 Å². The van der Waals surface area contributed by atoms with Gasteiger partial charge in [-0.15, -0.1) is 0 Å². The van der Waals surface area contributed by atoms with Gasteiger partial charge in [-0.2, -0.15) is 15.0 Å². The van der Waals surface area contributed by atoms with Gasteiger partial charge in [0.2, 0.25) is 17.8 Å². The van der Waals surface area contributed by atoms with Crippen LogP contribution in [0.3, 0.4) is 0 Å². The maximum Gasteiger partial charge on any atom is 0.232 e. The summed E-state index contributed by atoms with van der Waals surface area (Å²) < 4.78 is 10.9. The number of rotatable bonds is 5. The number of hydrogen-bond donors (Lipinski definition) is 2. The molecule has 0 radical (unpaired) electrons. The van der Waals surface area contributed by atoms with Crippen LogP contribution in [0, 0.1) is 0 Å². The Morgan fingerprint density at radius 2 is 2.05 bits per heavy atom. The highest BCUT2D eigenvalue weighted by atomic mass is 16.5. The average molecular weight is 294 g/mol. The summed E-state index contributed by atoms with van der Waals surface area (Å²) >= 11 is 0. The van der Waals surface area contributed by atoms with Gasteiger partial charge < -0.3 is 25.4 Å². The summed E-state index contributed by atoms with van der Waals surface area (Å²) in [6.07, 6.45) is 3.61. The quantitative estimate of drug-likeness (QED) is 0.798. The average Bonchev–Trinajstić information content (AvgIpc) is 3.01. The number of hydrogen-bond acceptors (Lipinski definition) is 8. The highest BCUT2D eigenvalue weighted by molar-refractivity contribution is 5.42. The molecule has 2 aliphatic heterocycles. The minimum Gasteiger partial charge on any atom is -0.378 e. The van der Waals surface area contributed by atoms with Crippen molar-refractivity contribution in [3.63, 3.8) is 0 Å². The number of nitrogens with zero attached hydrogens (tertiary/aromatic N) is 4. The first kappa shape index (κ1) is 14.3. The van der Waals surface area contributed by atoms with Crippen LogP contribution in [0.15, 0.2) is 0 Å². The molecule has 3 heterocycles. The zero-order valence-corrected chi connectivity index (χ0v) is 12.1. The lowest BCUT2D eigenvalue weighted by Gasteiger charge is -2.26. The van der Waals surface area contributed by atoms with Gasteiger partial charge in [0.25, 0.3) is 0 Å². The largest absolute Gasteiger partial charge is 0.378 e. The Morgan fingerprint density at radius 1 is 1.19 bits per heavy atom. The van der Waals surface area contributed by atoms with Gasteiger partial charge in [0.15, 0.2) is 0 Å². The third-order valence-corrected chi connectivity index (χ3v) is 3.71. The summed E-state index contributed by atoms with van der Waals surface area (Å²) in [5.41, 5.74) is 5.78. The number of nitrogens with one attached hydrogen (secondary N) is 1. The predicted octanol–water partition coefficient (Wildman–Crippen LogP) is 0.271. The van der Waals surface area contributed by atoms with Crippen LogP contribution in [-0.4, -0.2) is 60.5 Å². The number of morpholine rings is 1. The summed E-state index contributed by atoms with van der Waals surface area (Å²) in [4.78, 5) is 14.8. The lowest BCUT2D eigenvalue weighted by molar-refractivity contribution is 0.107. The molecule has 0 spiro atoms. The van der Waals surface area contributed by atoms with E-state index in [-0.39, 0.29) is 5.95 Å². The van der Waals surface area contributed by atoms with Crippen LogP contribution < -0.4 is 16.0 Å². The molecule has 2 aliphatic rings. The second-order valence-corrected chi connectivity index (χ2v) is 5.27. The van der Waals surface area contributed by atoms with Gasteiger partial charge in [-0.25, -0.2) is 0 Å². The highest BCUT2D eigenvalue weighted by Crippen LogP contribution is 2.16. The zero-order valence-electron chi connectivity index (χ0n) is 12.1. The van der Waals surface area contributed by atoms with E-state index in [0.29, 0.717) is 31.2 Å². The Bertz CT molecular complexity index is 460. The fourth-order valence-electron chi connectivity index (χ4n) is 2.58. The lowest BCUT2D eigenvalue weighted by Crippen LogP contribution is -2.37. The van der Waals surface area contributed by atoms with E-state index in [4.69, 9.17) is 15.2 Å². The lowest BCUT2D eigenvalue weighted by atomic mass is 10.2. The summed E-state index contributed by atoms with van der Waals surface area (Å²) in [5.74, 6) is 1.39. The maximum absolute atomic E-state index is 5.78. The van der Waals surface area contributed by atoms with E-state index in [9.17, 15) is 0 Å². The Labute approximate surface area is 124 Å². The van der Waals surface area contributed by atoms with Crippen molar-refractivity contribution < 1.29 is 9.47 Å². The number of nitrogen functional groups attached to an aromatic ring is 1. The summed E-state index contributed by atoms with van der Waals surface area (Å²) in [6, 6.07) is 0. The number of aromatic nitrogens is 3. The van der Waals surface area contributed by atoms with Gasteiger partial charge in [0, 0.05) is 26.2 Å². The van der Waals surface area contributed by atoms with E-state index in [1.165, 1.54) is 0 Å². The van der Waals surface area contributed by atoms with Crippen molar-refractivity contribution in [2.24, 2.45) is 0 Å². The van der Waals surface area contributed by atoms with Crippen molar-refractivity contribution in [3.8, 4) is 0 Å². The van der Waals surface area contributed by atoms with Crippen molar-refractivity contribution in [1.29, 1.82) is 0 Å². The minimum absolute atomic E-state index is 0.242. The van der Waals surface area contributed by atoms with E-state index in [0.717, 1.165) is 45.5 Å². The van der Waals surface area contributed by atoms with E-state index in [1.807, 2.05) is 0 Å². The third kappa shape index (κ3) is 3.92. The molecule has 0 aliphatic carbocycles. The first-order valence-corrected chi connectivity index (χ1v) is 7.51. The minimum atomic E-state index is 0.242. The summed E-state index contributed by atoms with van der Waals surface area (Å²) in [7, 11) is 0. The summed E-state index contributed by atoms with van der Waals surface area (Å²) in [6.45, 7) is 4.58. The van der Waals surface area contributed by atoms with Crippen LogP contribution in [-0.2, 0) is 9.47 Å². The monoisotopic (exact) mass is 294 g/mol. The van der Waals surface area contributed by atoms with Gasteiger partial charge in [0.1, 0.15) is 0 Å². The molecule has 8 nitrogen and oxygen atoms in total. The van der Waals surface area contributed by atoms with Crippen LogP contribution >= 0.6 is 0 Å². The predicted molar refractivity (Wildman–Crippen MR) is 79.4 cm³/mol. The molecule has 8 heteroatoms. The highest BCUT2D eigenvalue weighted by Gasteiger charge is 2.17. The van der Waals surface area contributed by atoms with E-state index < -0.39 is 0 Å². The van der Waals surface area contributed by atoms with Crippen LogP contribution in [0.2, 0.25) is 0 Å². The molecular formula is C13H22N6O2. The van der Waals surface area contributed by atoms with Crippen molar-refractivity contribution in [2.45, 2.75) is 25.4 Å². The van der Waals surface area contributed by atoms with Crippen LogP contribution in [0.4, 0.5) is 17.8 Å². The molecule has 0 amide bonds.